The number of fused-ring (bicyclic) bond motifs is 6. The van der Waals surface area contributed by atoms with E-state index in [1.165, 1.54) is 24.6 Å². The zero-order valence-electron chi connectivity index (χ0n) is 20.4. The normalized spacial score (nSPS) is 37.0. The van der Waals surface area contributed by atoms with Gasteiger partial charge in [-0.2, -0.15) is 0 Å². The molecule has 0 N–H and O–H groups in total. The highest BCUT2D eigenvalue weighted by atomic mass is 16.5. The molecule has 4 aliphatic carbocycles. The van der Waals surface area contributed by atoms with Gasteiger partial charge in [-0.1, -0.05) is 37.6 Å². The predicted octanol–water partition coefficient (Wildman–Crippen LogP) is 5.95. The summed E-state index contributed by atoms with van der Waals surface area (Å²) < 4.78 is 7.80. The summed E-state index contributed by atoms with van der Waals surface area (Å²) >= 11 is 0. The lowest BCUT2D eigenvalue weighted by molar-refractivity contribution is -0.148. The van der Waals surface area contributed by atoms with Crippen LogP contribution in [0.1, 0.15) is 65.7 Å². The second-order valence-electron chi connectivity index (χ2n) is 11.5. The van der Waals surface area contributed by atoms with Crippen molar-refractivity contribution in [1.82, 2.24) is 9.55 Å². The summed E-state index contributed by atoms with van der Waals surface area (Å²) in [6.45, 7) is 6.36. The first-order valence-corrected chi connectivity index (χ1v) is 12.8. The monoisotopic (exact) mass is 458 g/mol. The SMILES string of the molecule is CC(=O)O[C@@H]1CC[C@@]2(C)C(=CCC3C2CC[C@]2(C)C(n4cnc5ccccc54)=C(C=O)CC32)C1. The Morgan fingerprint density at radius 2 is 1.91 bits per heavy atom. The fraction of sp³-hybridized carbons (Fsp3) is 0.552. The van der Waals surface area contributed by atoms with Crippen LogP contribution < -0.4 is 0 Å². The van der Waals surface area contributed by atoms with Gasteiger partial charge >= 0.3 is 5.97 Å². The molecular weight excluding hydrogens is 424 g/mol. The maximum Gasteiger partial charge on any atom is 0.302 e. The Labute approximate surface area is 201 Å². The van der Waals surface area contributed by atoms with Crippen molar-refractivity contribution in [3.63, 3.8) is 0 Å². The van der Waals surface area contributed by atoms with E-state index in [4.69, 9.17) is 4.74 Å². The van der Waals surface area contributed by atoms with Crippen molar-refractivity contribution in [2.24, 2.45) is 28.6 Å². The Morgan fingerprint density at radius 1 is 1.12 bits per heavy atom. The molecule has 4 aliphatic rings. The minimum Gasteiger partial charge on any atom is -0.462 e. The van der Waals surface area contributed by atoms with Crippen molar-refractivity contribution < 1.29 is 14.3 Å². The zero-order chi connectivity index (χ0) is 23.7. The molecule has 0 saturated heterocycles. The van der Waals surface area contributed by atoms with Gasteiger partial charge in [-0.05, 0) is 73.8 Å². The molecule has 6 atom stereocenters. The highest BCUT2D eigenvalue weighted by molar-refractivity contribution is 5.90. The summed E-state index contributed by atoms with van der Waals surface area (Å²) in [7, 11) is 0. The van der Waals surface area contributed by atoms with Crippen molar-refractivity contribution in [1.29, 1.82) is 0 Å². The van der Waals surface area contributed by atoms with Gasteiger partial charge in [0.25, 0.3) is 0 Å². The van der Waals surface area contributed by atoms with Crippen molar-refractivity contribution in [2.75, 3.05) is 0 Å². The van der Waals surface area contributed by atoms with E-state index in [2.05, 4.69) is 35.5 Å². The lowest BCUT2D eigenvalue weighted by Gasteiger charge is -2.57. The second kappa shape index (κ2) is 7.66. The van der Waals surface area contributed by atoms with Crippen molar-refractivity contribution in [3.05, 3.63) is 47.8 Å². The molecule has 6 rings (SSSR count). The average molecular weight is 459 g/mol. The third kappa shape index (κ3) is 3.01. The molecule has 3 unspecified atom stereocenters. The molecule has 5 nitrogen and oxygen atoms in total. The van der Waals surface area contributed by atoms with Gasteiger partial charge in [0, 0.05) is 30.0 Å². The summed E-state index contributed by atoms with van der Waals surface area (Å²) in [5.41, 5.74) is 5.83. The molecule has 178 valence electrons. The quantitative estimate of drug-likeness (QED) is 0.324. The smallest absolute Gasteiger partial charge is 0.302 e. The van der Waals surface area contributed by atoms with Crippen LogP contribution >= 0.6 is 0 Å². The number of para-hydroxylation sites is 2. The Bertz CT molecular complexity index is 1240. The first-order valence-electron chi connectivity index (χ1n) is 12.8. The molecule has 0 bridgehead atoms. The summed E-state index contributed by atoms with van der Waals surface area (Å²) in [6.07, 6.45) is 12.6. The van der Waals surface area contributed by atoms with Crippen LogP contribution in [0.25, 0.3) is 16.7 Å². The number of carbonyl (C=O) groups is 2. The first kappa shape index (κ1) is 21.8. The van der Waals surface area contributed by atoms with Crippen LogP contribution in [-0.2, 0) is 14.3 Å². The van der Waals surface area contributed by atoms with Crippen LogP contribution in [0.5, 0.6) is 0 Å². The molecule has 34 heavy (non-hydrogen) atoms. The van der Waals surface area contributed by atoms with Crippen LogP contribution in [0.4, 0.5) is 0 Å². The summed E-state index contributed by atoms with van der Waals surface area (Å²) in [6, 6.07) is 8.22. The third-order valence-corrected chi connectivity index (χ3v) is 9.90. The van der Waals surface area contributed by atoms with E-state index in [0.717, 1.165) is 61.4 Å². The van der Waals surface area contributed by atoms with Gasteiger partial charge in [0.1, 0.15) is 18.7 Å². The largest absolute Gasteiger partial charge is 0.462 e. The van der Waals surface area contributed by atoms with E-state index in [-0.39, 0.29) is 22.9 Å². The molecule has 1 heterocycles. The first-order chi connectivity index (χ1) is 16.3. The maximum atomic E-state index is 12.4. The number of hydrogen-bond donors (Lipinski definition) is 0. The van der Waals surface area contributed by atoms with E-state index < -0.39 is 0 Å². The van der Waals surface area contributed by atoms with Gasteiger partial charge in [-0.15, -0.1) is 0 Å². The van der Waals surface area contributed by atoms with Crippen molar-refractivity contribution in [3.8, 4) is 0 Å². The summed E-state index contributed by atoms with van der Waals surface area (Å²) in [5.74, 6) is 1.48. The average Bonchev–Trinajstić information content (AvgIpc) is 3.36. The number of esters is 1. The number of benzene rings is 1. The Kier molecular flexibility index (Phi) is 4.91. The summed E-state index contributed by atoms with van der Waals surface area (Å²) in [4.78, 5) is 28.5. The molecule has 1 aromatic carbocycles. The van der Waals surface area contributed by atoms with Crippen LogP contribution in [0.2, 0.25) is 0 Å². The van der Waals surface area contributed by atoms with Crippen molar-refractivity contribution >= 4 is 29.0 Å². The molecule has 2 saturated carbocycles. The lowest BCUT2D eigenvalue weighted by Crippen LogP contribution is -2.50. The number of allylic oxidation sites excluding steroid dienone is 3. The number of carbonyl (C=O) groups excluding carboxylic acids is 2. The number of rotatable bonds is 3. The van der Waals surface area contributed by atoms with Gasteiger partial charge < -0.3 is 9.30 Å². The highest BCUT2D eigenvalue weighted by Gasteiger charge is 2.58. The summed E-state index contributed by atoms with van der Waals surface area (Å²) in [5, 5.41) is 0. The van der Waals surface area contributed by atoms with E-state index in [9.17, 15) is 9.59 Å². The molecule has 2 aromatic rings. The van der Waals surface area contributed by atoms with Crippen LogP contribution in [0.3, 0.4) is 0 Å². The number of hydrogen-bond acceptors (Lipinski definition) is 4. The molecule has 0 aliphatic heterocycles. The van der Waals surface area contributed by atoms with E-state index in [0.29, 0.717) is 17.8 Å². The van der Waals surface area contributed by atoms with Gasteiger partial charge in [0.2, 0.25) is 0 Å². The third-order valence-electron chi connectivity index (χ3n) is 9.90. The van der Waals surface area contributed by atoms with Gasteiger partial charge in [-0.3, -0.25) is 9.59 Å². The molecule has 0 spiro atoms. The Hall–Kier alpha value is -2.69. The maximum absolute atomic E-state index is 12.4. The second-order valence-corrected chi connectivity index (χ2v) is 11.5. The fourth-order valence-corrected chi connectivity index (χ4v) is 8.33. The minimum absolute atomic E-state index is 0.0261. The Balaban J connectivity index is 1.35. The lowest BCUT2D eigenvalue weighted by atomic mass is 9.47. The topological polar surface area (TPSA) is 61.2 Å². The molecule has 0 amide bonds. The zero-order valence-corrected chi connectivity index (χ0v) is 20.4. The molecule has 0 radical (unpaired) electrons. The molecule has 5 heteroatoms. The van der Waals surface area contributed by atoms with Gasteiger partial charge in [0.05, 0.1) is 11.0 Å². The predicted molar refractivity (Wildman–Crippen MR) is 132 cm³/mol. The number of imidazole rings is 1. The van der Waals surface area contributed by atoms with Crippen molar-refractivity contribution in [2.45, 2.75) is 71.8 Å². The number of ether oxygens (including phenoxy) is 1. The van der Waals surface area contributed by atoms with Crippen LogP contribution in [-0.4, -0.2) is 27.9 Å². The van der Waals surface area contributed by atoms with E-state index in [1.807, 2.05) is 24.5 Å². The molecule has 2 fully saturated rings. The Morgan fingerprint density at radius 3 is 2.71 bits per heavy atom. The number of aromatic nitrogens is 2. The number of aldehydes is 1. The van der Waals surface area contributed by atoms with Crippen LogP contribution in [0, 0.1) is 28.6 Å². The molecular formula is C29H34N2O3. The minimum atomic E-state index is -0.172. The fourth-order valence-electron chi connectivity index (χ4n) is 8.33. The van der Waals surface area contributed by atoms with E-state index >= 15 is 0 Å². The van der Waals surface area contributed by atoms with E-state index in [1.54, 1.807) is 0 Å². The van der Waals surface area contributed by atoms with Crippen LogP contribution in [0.15, 0.2) is 47.8 Å². The van der Waals surface area contributed by atoms with Gasteiger partial charge in [0.15, 0.2) is 0 Å². The number of nitrogens with zero attached hydrogens (tertiary/aromatic N) is 2. The standard InChI is InChI=1S/C29H34N2O3/c1-18(33)34-21-10-12-28(2)20(15-21)8-9-22-23(28)11-13-29(3)24(22)14-19(16-32)27(29)31-17-30-25-6-4-5-7-26(25)31/h4-8,16-17,21-24H,9-15H2,1-3H3/t21-,22?,23?,24?,28+,29+/m1/s1. The van der Waals surface area contributed by atoms with Gasteiger partial charge in [-0.25, -0.2) is 4.98 Å². The molecule has 1 aromatic heterocycles. The highest BCUT2D eigenvalue weighted by Crippen LogP contribution is 2.66.